The molecule has 0 bridgehead atoms. The number of nitro benzene ring substituents is 1. The maximum absolute atomic E-state index is 12.9. The lowest BCUT2D eigenvalue weighted by Gasteiger charge is -2.42. The molecule has 204 valence electrons. The first kappa shape index (κ1) is 27.2. The van der Waals surface area contributed by atoms with E-state index in [0.29, 0.717) is 18.8 Å². The van der Waals surface area contributed by atoms with Crippen LogP contribution in [0.25, 0.3) is 0 Å². The summed E-state index contributed by atoms with van der Waals surface area (Å²) < 4.78 is 34.3. The van der Waals surface area contributed by atoms with Gasteiger partial charge in [-0.25, -0.2) is 0 Å². The van der Waals surface area contributed by atoms with Crippen molar-refractivity contribution in [3.63, 3.8) is 0 Å². The van der Waals surface area contributed by atoms with Gasteiger partial charge in [-0.1, -0.05) is 11.6 Å². The number of methoxy groups -OCH3 is 3. The van der Waals surface area contributed by atoms with Gasteiger partial charge in [0.05, 0.1) is 43.8 Å². The fourth-order valence-electron chi connectivity index (χ4n) is 5.61. The van der Waals surface area contributed by atoms with E-state index < -0.39 is 28.7 Å². The number of carbonyl (C=O) groups is 1. The summed E-state index contributed by atoms with van der Waals surface area (Å²) in [7, 11) is 4.43. The highest BCUT2D eigenvalue weighted by atomic mass is 16.6. The van der Waals surface area contributed by atoms with Gasteiger partial charge in [0.25, 0.3) is 5.69 Å². The molecule has 1 saturated carbocycles. The first-order valence-electron chi connectivity index (χ1n) is 12.4. The summed E-state index contributed by atoms with van der Waals surface area (Å²) in [6, 6.07) is 2.67. The molecule has 6 atom stereocenters. The highest BCUT2D eigenvalue weighted by Gasteiger charge is 2.72. The molecule has 4 rings (SSSR count). The number of carbonyl (C=O) groups excluding carboxylic acids is 1. The van der Waals surface area contributed by atoms with Crippen LogP contribution in [0.5, 0.6) is 11.5 Å². The molecule has 1 aromatic rings. The van der Waals surface area contributed by atoms with Crippen molar-refractivity contribution in [3.05, 3.63) is 33.9 Å². The topological polar surface area (TPSA) is 134 Å². The van der Waals surface area contributed by atoms with Crippen molar-refractivity contribution in [3.8, 4) is 11.5 Å². The Morgan fingerprint density at radius 2 is 1.92 bits per heavy atom. The van der Waals surface area contributed by atoms with Crippen LogP contribution in [0.2, 0.25) is 0 Å². The molecule has 0 unspecified atom stereocenters. The van der Waals surface area contributed by atoms with Gasteiger partial charge in [0, 0.05) is 13.2 Å². The van der Waals surface area contributed by atoms with Gasteiger partial charge in [0.2, 0.25) is 0 Å². The summed E-state index contributed by atoms with van der Waals surface area (Å²) >= 11 is 0. The minimum Gasteiger partial charge on any atom is -0.493 e. The third-order valence-corrected chi connectivity index (χ3v) is 7.64. The Morgan fingerprint density at radius 1 is 1.24 bits per heavy atom. The largest absolute Gasteiger partial charge is 0.493 e. The molecule has 2 heterocycles. The number of hydrogen-bond donors (Lipinski definition) is 1. The summed E-state index contributed by atoms with van der Waals surface area (Å²) in [6.45, 7) is 6.57. The number of allylic oxidation sites excluding steroid dienone is 1. The number of esters is 1. The lowest BCUT2D eigenvalue weighted by Crippen LogP contribution is -2.55. The second-order valence-corrected chi connectivity index (χ2v) is 10.2. The number of rotatable bonds is 11. The Bertz CT molecular complexity index is 1070. The summed E-state index contributed by atoms with van der Waals surface area (Å²) in [5, 5.41) is 14.4. The number of ether oxygens (including phenoxy) is 6. The van der Waals surface area contributed by atoms with Gasteiger partial charge in [-0.2, -0.15) is 0 Å². The lowest BCUT2D eigenvalue weighted by atomic mass is 9.68. The van der Waals surface area contributed by atoms with Crippen molar-refractivity contribution < 1.29 is 38.1 Å². The van der Waals surface area contributed by atoms with E-state index >= 15 is 0 Å². The van der Waals surface area contributed by atoms with E-state index in [9.17, 15) is 14.9 Å². The van der Waals surface area contributed by atoms with Crippen LogP contribution in [-0.2, 0) is 23.7 Å². The van der Waals surface area contributed by atoms with E-state index in [1.807, 2.05) is 0 Å². The zero-order valence-electron chi connectivity index (χ0n) is 22.2. The second kappa shape index (κ2) is 10.5. The van der Waals surface area contributed by atoms with Gasteiger partial charge in [-0.3, -0.25) is 14.9 Å². The van der Waals surface area contributed by atoms with E-state index in [2.05, 4.69) is 32.2 Å². The fraction of sp³-hybridized carbons (Fsp3) is 0.654. The van der Waals surface area contributed by atoms with Gasteiger partial charge < -0.3 is 33.7 Å². The van der Waals surface area contributed by atoms with Crippen molar-refractivity contribution in [2.75, 3.05) is 39.8 Å². The van der Waals surface area contributed by atoms with Crippen molar-refractivity contribution in [1.29, 1.82) is 0 Å². The molecule has 2 saturated heterocycles. The molecule has 11 heteroatoms. The lowest BCUT2D eigenvalue weighted by molar-refractivity contribution is -0.384. The molecule has 1 aromatic carbocycles. The summed E-state index contributed by atoms with van der Waals surface area (Å²) in [4.78, 5) is 23.9. The first-order chi connectivity index (χ1) is 17.6. The second-order valence-electron chi connectivity index (χ2n) is 10.2. The summed E-state index contributed by atoms with van der Waals surface area (Å²) in [5.41, 5.74) is 0.349. The molecule has 11 nitrogen and oxygen atoms in total. The molecule has 2 aliphatic heterocycles. The van der Waals surface area contributed by atoms with Gasteiger partial charge in [0.15, 0.2) is 11.5 Å². The fourth-order valence-corrected chi connectivity index (χ4v) is 5.61. The van der Waals surface area contributed by atoms with E-state index in [1.54, 1.807) is 7.11 Å². The number of nitrogens with zero attached hydrogens (tertiary/aromatic N) is 1. The number of anilines is 1. The predicted octanol–water partition coefficient (Wildman–Crippen LogP) is 3.64. The normalized spacial score (nSPS) is 31.8. The SMILES string of the molecule is COc1cc(NCC(=O)O[C@@H]2CC[C@]3(CO3)[C@@H]([C@]3(C)O[C@@H]3CC=C(C)C)[C@@H]2OC)c([N+](=O)[O-])cc1OC. The molecule has 0 aromatic heterocycles. The van der Waals surface area contributed by atoms with Crippen LogP contribution in [0.3, 0.4) is 0 Å². The monoisotopic (exact) mass is 520 g/mol. The highest BCUT2D eigenvalue weighted by molar-refractivity contribution is 5.78. The number of benzene rings is 1. The van der Waals surface area contributed by atoms with Crippen LogP contribution >= 0.6 is 0 Å². The van der Waals surface area contributed by atoms with Gasteiger partial charge in [-0.05, 0) is 40.0 Å². The van der Waals surface area contributed by atoms with Gasteiger partial charge in [-0.15, -0.1) is 0 Å². The molecule has 0 amide bonds. The summed E-state index contributed by atoms with van der Waals surface area (Å²) in [6.07, 6.45) is 3.44. The van der Waals surface area contributed by atoms with Gasteiger partial charge in [0.1, 0.15) is 35.6 Å². The quantitative estimate of drug-likeness (QED) is 0.151. The van der Waals surface area contributed by atoms with Crippen LogP contribution < -0.4 is 14.8 Å². The van der Waals surface area contributed by atoms with Crippen LogP contribution in [0.4, 0.5) is 11.4 Å². The Morgan fingerprint density at radius 3 is 2.49 bits per heavy atom. The number of nitro groups is 1. The number of nitrogens with one attached hydrogen (secondary N) is 1. The smallest absolute Gasteiger partial charge is 0.325 e. The number of epoxide rings is 2. The standard InChI is InChI=1S/C26H36N2O9/c1-15(2)7-8-21-25(3,37-21)24-23(34-6)18(9-10-26(24)14-35-26)36-22(29)13-27-16-11-19(32-4)20(33-5)12-17(16)28(30)31/h7,11-12,18,21,23-24,27H,8-10,13-14H2,1-6H3/t18-,21-,23-,24-,25-,26+/m1/s1. The molecular formula is C26H36N2O9. The summed E-state index contributed by atoms with van der Waals surface area (Å²) in [5.74, 6) is -0.125. The van der Waals surface area contributed by atoms with E-state index in [0.717, 1.165) is 12.8 Å². The molecule has 37 heavy (non-hydrogen) atoms. The Balaban J connectivity index is 1.44. The zero-order valence-corrected chi connectivity index (χ0v) is 22.2. The average molecular weight is 521 g/mol. The third kappa shape index (κ3) is 5.39. The minimum absolute atomic E-state index is 0.0489. The Hall–Kier alpha value is -2.89. The van der Waals surface area contributed by atoms with Crippen LogP contribution in [0, 0.1) is 16.0 Å². The predicted molar refractivity (Wildman–Crippen MR) is 134 cm³/mol. The van der Waals surface area contributed by atoms with Crippen molar-refractivity contribution in [2.45, 2.75) is 69.5 Å². The Kier molecular flexibility index (Phi) is 7.68. The van der Waals surface area contributed by atoms with Crippen molar-refractivity contribution in [1.82, 2.24) is 0 Å². The van der Waals surface area contributed by atoms with Crippen molar-refractivity contribution in [2.24, 2.45) is 5.92 Å². The third-order valence-electron chi connectivity index (χ3n) is 7.64. The van der Waals surface area contributed by atoms with Crippen LogP contribution in [0.1, 0.15) is 40.0 Å². The minimum atomic E-state index is -0.556. The zero-order chi connectivity index (χ0) is 27.0. The van der Waals surface area contributed by atoms with E-state index in [-0.39, 0.29) is 41.3 Å². The van der Waals surface area contributed by atoms with Crippen molar-refractivity contribution >= 4 is 17.3 Å². The maximum Gasteiger partial charge on any atom is 0.325 e. The van der Waals surface area contributed by atoms with E-state index in [1.165, 1.54) is 31.9 Å². The number of hydrogen-bond acceptors (Lipinski definition) is 10. The average Bonchev–Trinajstić information content (AvgIpc) is 3.78. The maximum atomic E-state index is 12.9. The molecule has 1 spiro atoms. The molecule has 1 aliphatic carbocycles. The molecule has 0 radical (unpaired) electrons. The molecule has 1 N–H and O–H groups in total. The first-order valence-corrected chi connectivity index (χ1v) is 12.4. The van der Waals surface area contributed by atoms with Crippen LogP contribution in [0.15, 0.2) is 23.8 Å². The van der Waals surface area contributed by atoms with Crippen LogP contribution in [-0.4, -0.2) is 74.9 Å². The highest BCUT2D eigenvalue weighted by Crippen LogP contribution is 2.59. The van der Waals surface area contributed by atoms with E-state index in [4.69, 9.17) is 28.4 Å². The Labute approximate surface area is 216 Å². The molecular weight excluding hydrogens is 484 g/mol. The molecule has 3 fully saturated rings. The van der Waals surface area contributed by atoms with Gasteiger partial charge >= 0.3 is 5.97 Å². The molecule has 3 aliphatic rings.